The predicted molar refractivity (Wildman–Crippen MR) is 77.9 cm³/mol. The van der Waals surface area contributed by atoms with Crippen molar-refractivity contribution < 1.29 is 0 Å². The molecule has 18 heavy (non-hydrogen) atoms. The van der Waals surface area contributed by atoms with Gasteiger partial charge in [-0.1, -0.05) is 29.3 Å². The zero-order valence-electron chi connectivity index (χ0n) is 10.2. The minimum Gasteiger partial charge on any atom is -0.383 e. The number of halogens is 1. The van der Waals surface area contributed by atoms with Crippen LogP contribution in [0.4, 0.5) is 17.3 Å². The lowest BCUT2D eigenvalue weighted by atomic mass is 10.1. The summed E-state index contributed by atoms with van der Waals surface area (Å²) in [6.07, 6.45) is 3.35. The van der Waals surface area contributed by atoms with Gasteiger partial charge in [-0.25, -0.2) is 9.97 Å². The third-order valence-corrected chi connectivity index (χ3v) is 3.11. The van der Waals surface area contributed by atoms with Gasteiger partial charge in [-0.15, -0.1) is 0 Å². The second-order valence-corrected chi connectivity index (χ2v) is 4.88. The number of aromatic nitrogens is 2. The molecule has 4 nitrogen and oxygen atoms in total. The molecule has 0 saturated heterocycles. The topological polar surface area (TPSA) is 63.8 Å². The van der Waals surface area contributed by atoms with Crippen LogP contribution in [0.1, 0.15) is 18.9 Å². The molecule has 0 amide bonds. The van der Waals surface area contributed by atoms with Gasteiger partial charge in [0.15, 0.2) is 0 Å². The lowest BCUT2D eigenvalue weighted by Crippen LogP contribution is -2.05. The van der Waals surface area contributed by atoms with Gasteiger partial charge in [-0.2, -0.15) is 0 Å². The molecule has 0 saturated carbocycles. The molecule has 1 heterocycles. The van der Waals surface area contributed by atoms with Crippen LogP contribution in [0, 0.1) is 0 Å². The predicted octanol–water partition coefficient (Wildman–Crippen LogP) is 3.52. The maximum absolute atomic E-state index is 5.89. The normalized spacial score (nSPS) is 10.3. The maximum Gasteiger partial charge on any atom is 0.139 e. The Labute approximate surface area is 115 Å². The molecule has 0 aliphatic heterocycles. The molecule has 2 rings (SSSR count). The third-order valence-electron chi connectivity index (χ3n) is 2.59. The van der Waals surface area contributed by atoms with Crippen LogP contribution in [0.3, 0.4) is 0 Å². The van der Waals surface area contributed by atoms with Gasteiger partial charge in [-0.3, -0.25) is 0 Å². The summed E-state index contributed by atoms with van der Waals surface area (Å²) in [5.41, 5.74) is 7.84. The fraction of sp³-hybridized carbons (Fsp3) is 0.231. The number of hydrogen-bond donors (Lipinski definition) is 2. The highest BCUT2D eigenvalue weighted by Crippen LogP contribution is 2.23. The molecule has 0 fully saturated rings. The first-order chi connectivity index (χ1) is 8.70. The smallest absolute Gasteiger partial charge is 0.139 e. The highest BCUT2D eigenvalue weighted by atomic mass is 79.9. The van der Waals surface area contributed by atoms with Crippen molar-refractivity contribution >= 4 is 33.3 Å². The second-order valence-electron chi connectivity index (χ2n) is 3.97. The Morgan fingerprint density at radius 3 is 2.61 bits per heavy atom. The molecule has 0 atom stereocenters. The molecule has 5 heteroatoms. The number of hydrogen-bond acceptors (Lipinski definition) is 4. The van der Waals surface area contributed by atoms with Crippen molar-refractivity contribution in [2.45, 2.75) is 19.8 Å². The van der Waals surface area contributed by atoms with Crippen LogP contribution in [0.2, 0.25) is 0 Å². The zero-order chi connectivity index (χ0) is 13.0. The van der Waals surface area contributed by atoms with E-state index in [0.29, 0.717) is 5.82 Å². The van der Waals surface area contributed by atoms with E-state index in [-0.39, 0.29) is 0 Å². The van der Waals surface area contributed by atoms with Crippen molar-refractivity contribution in [3.05, 3.63) is 40.6 Å². The molecule has 0 unspecified atom stereocenters. The minimum atomic E-state index is 0.548. The van der Waals surface area contributed by atoms with Gasteiger partial charge in [0.25, 0.3) is 0 Å². The van der Waals surface area contributed by atoms with Crippen molar-refractivity contribution in [2.24, 2.45) is 0 Å². The van der Waals surface area contributed by atoms with E-state index in [9.17, 15) is 0 Å². The Morgan fingerprint density at radius 1 is 1.22 bits per heavy atom. The number of nitrogen functional groups attached to an aromatic ring is 1. The van der Waals surface area contributed by atoms with E-state index in [1.807, 2.05) is 24.3 Å². The summed E-state index contributed by atoms with van der Waals surface area (Å²) in [4.78, 5) is 8.30. The fourth-order valence-corrected chi connectivity index (χ4v) is 1.96. The van der Waals surface area contributed by atoms with E-state index < -0.39 is 0 Å². The number of anilines is 3. The van der Waals surface area contributed by atoms with Gasteiger partial charge in [0.05, 0.1) is 0 Å². The summed E-state index contributed by atoms with van der Waals surface area (Å²) in [5.74, 6) is 1.33. The van der Waals surface area contributed by atoms with Crippen LogP contribution in [-0.2, 0) is 6.42 Å². The molecule has 2 aromatic rings. The van der Waals surface area contributed by atoms with Crippen LogP contribution in [-0.4, -0.2) is 9.97 Å². The van der Waals surface area contributed by atoms with Crippen molar-refractivity contribution in [1.29, 1.82) is 0 Å². The summed E-state index contributed by atoms with van der Waals surface area (Å²) in [6.45, 7) is 2.11. The second kappa shape index (κ2) is 5.82. The molecular formula is C13H15BrN4. The molecule has 1 aromatic carbocycles. The van der Waals surface area contributed by atoms with Gasteiger partial charge in [0, 0.05) is 15.7 Å². The molecule has 0 bridgehead atoms. The SMILES string of the molecule is CCCc1c(N)ncnc1Nc1ccc(Br)cc1. The average Bonchev–Trinajstić information content (AvgIpc) is 2.36. The Morgan fingerprint density at radius 2 is 1.94 bits per heavy atom. The first-order valence-electron chi connectivity index (χ1n) is 5.82. The molecule has 94 valence electrons. The Hall–Kier alpha value is -1.62. The fourth-order valence-electron chi connectivity index (χ4n) is 1.70. The van der Waals surface area contributed by atoms with E-state index in [4.69, 9.17) is 5.73 Å². The Kier molecular flexibility index (Phi) is 4.15. The molecule has 3 N–H and O–H groups in total. The van der Waals surface area contributed by atoms with Crippen molar-refractivity contribution in [3.8, 4) is 0 Å². The lowest BCUT2D eigenvalue weighted by Gasteiger charge is -2.11. The molecule has 0 radical (unpaired) electrons. The van der Waals surface area contributed by atoms with Crippen molar-refractivity contribution in [1.82, 2.24) is 9.97 Å². The Balaban J connectivity index is 2.28. The quantitative estimate of drug-likeness (QED) is 0.907. The van der Waals surface area contributed by atoms with Crippen LogP contribution >= 0.6 is 15.9 Å². The Bertz CT molecular complexity index is 525. The minimum absolute atomic E-state index is 0.548. The summed E-state index contributed by atoms with van der Waals surface area (Å²) in [7, 11) is 0. The van der Waals surface area contributed by atoms with Gasteiger partial charge >= 0.3 is 0 Å². The van der Waals surface area contributed by atoms with E-state index in [2.05, 4.69) is 38.1 Å². The van der Waals surface area contributed by atoms with Crippen molar-refractivity contribution in [3.63, 3.8) is 0 Å². The molecule has 0 spiro atoms. The summed E-state index contributed by atoms with van der Waals surface area (Å²) < 4.78 is 1.05. The zero-order valence-corrected chi connectivity index (χ0v) is 11.7. The molecule has 0 aliphatic carbocycles. The van der Waals surface area contributed by atoms with Crippen LogP contribution < -0.4 is 11.1 Å². The van der Waals surface area contributed by atoms with E-state index in [1.54, 1.807) is 0 Å². The molecular weight excluding hydrogens is 292 g/mol. The first-order valence-corrected chi connectivity index (χ1v) is 6.62. The molecule has 1 aromatic heterocycles. The van der Waals surface area contributed by atoms with Gasteiger partial charge < -0.3 is 11.1 Å². The number of nitrogens with one attached hydrogen (secondary N) is 1. The average molecular weight is 307 g/mol. The third kappa shape index (κ3) is 2.98. The number of nitrogens with zero attached hydrogens (tertiary/aromatic N) is 2. The van der Waals surface area contributed by atoms with Crippen LogP contribution in [0.5, 0.6) is 0 Å². The lowest BCUT2D eigenvalue weighted by molar-refractivity contribution is 0.908. The standard InChI is InChI=1S/C13H15BrN4/c1-2-3-11-12(15)16-8-17-13(11)18-10-6-4-9(14)5-7-10/h4-8H,2-3H2,1H3,(H3,15,16,17,18). The highest BCUT2D eigenvalue weighted by Gasteiger charge is 2.08. The molecule has 0 aliphatic rings. The van der Waals surface area contributed by atoms with E-state index in [1.165, 1.54) is 6.33 Å². The van der Waals surface area contributed by atoms with Gasteiger partial charge in [0.1, 0.15) is 18.0 Å². The summed E-state index contributed by atoms with van der Waals surface area (Å²) >= 11 is 3.41. The number of rotatable bonds is 4. The highest BCUT2D eigenvalue weighted by molar-refractivity contribution is 9.10. The van der Waals surface area contributed by atoms with E-state index in [0.717, 1.165) is 34.4 Å². The number of benzene rings is 1. The summed E-state index contributed by atoms with van der Waals surface area (Å²) in [5, 5.41) is 3.27. The number of nitrogens with two attached hydrogens (primary N) is 1. The maximum atomic E-state index is 5.89. The first kappa shape index (κ1) is 12.8. The summed E-state index contributed by atoms with van der Waals surface area (Å²) in [6, 6.07) is 7.93. The van der Waals surface area contributed by atoms with Gasteiger partial charge in [-0.05, 0) is 30.7 Å². The van der Waals surface area contributed by atoms with E-state index >= 15 is 0 Å². The van der Waals surface area contributed by atoms with Gasteiger partial charge in [0.2, 0.25) is 0 Å². The monoisotopic (exact) mass is 306 g/mol. The van der Waals surface area contributed by atoms with Crippen LogP contribution in [0.25, 0.3) is 0 Å². The van der Waals surface area contributed by atoms with Crippen LogP contribution in [0.15, 0.2) is 35.1 Å². The van der Waals surface area contributed by atoms with Crippen molar-refractivity contribution in [2.75, 3.05) is 11.1 Å². The largest absolute Gasteiger partial charge is 0.383 e.